The van der Waals surface area contributed by atoms with Crippen LogP contribution in [0.2, 0.25) is 0 Å². The molecule has 0 saturated heterocycles. The maximum Gasteiger partial charge on any atom is 0.275 e. The quantitative estimate of drug-likeness (QED) is 0.380. The van der Waals surface area contributed by atoms with Gasteiger partial charge >= 0.3 is 0 Å². The number of hydrogen-bond acceptors (Lipinski definition) is 5. The molecule has 1 N–H and O–H groups in total. The molecule has 1 aromatic heterocycles. The summed E-state index contributed by atoms with van der Waals surface area (Å²) in [5.74, 6) is 0.887. The highest BCUT2D eigenvalue weighted by Crippen LogP contribution is 2.18. The van der Waals surface area contributed by atoms with Crippen LogP contribution in [-0.4, -0.2) is 30.3 Å². The van der Waals surface area contributed by atoms with Crippen LogP contribution in [0.5, 0.6) is 11.5 Å². The fourth-order valence-corrected chi connectivity index (χ4v) is 2.28. The van der Waals surface area contributed by atoms with E-state index in [-0.39, 0.29) is 5.91 Å². The van der Waals surface area contributed by atoms with Gasteiger partial charge in [-0.1, -0.05) is 36.4 Å². The van der Waals surface area contributed by atoms with Crippen molar-refractivity contribution in [1.29, 1.82) is 0 Å². The Labute approximate surface area is 157 Å². The molecule has 6 nitrogen and oxygen atoms in total. The molecule has 27 heavy (non-hydrogen) atoms. The number of carbonyl (C=O) groups excluding carboxylic acids is 1. The lowest BCUT2D eigenvalue weighted by Gasteiger charge is -2.11. The van der Waals surface area contributed by atoms with Crippen molar-refractivity contribution in [1.82, 2.24) is 10.4 Å². The van der Waals surface area contributed by atoms with E-state index in [0.717, 1.165) is 5.75 Å². The number of amides is 1. The van der Waals surface area contributed by atoms with Gasteiger partial charge in [-0.2, -0.15) is 5.10 Å². The van der Waals surface area contributed by atoms with Gasteiger partial charge in [0.05, 0.1) is 17.5 Å². The van der Waals surface area contributed by atoms with E-state index in [1.165, 1.54) is 6.21 Å². The van der Waals surface area contributed by atoms with Crippen LogP contribution in [0.15, 0.2) is 84.1 Å². The van der Waals surface area contributed by atoms with E-state index in [1.807, 2.05) is 42.5 Å². The number of hydrogen-bond donors (Lipinski definition) is 1. The highest BCUT2D eigenvalue weighted by Gasteiger charge is 2.11. The summed E-state index contributed by atoms with van der Waals surface area (Å²) in [6.45, 7) is 0.689. The molecule has 0 saturated carbocycles. The van der Waals surface area contributed by atoms with Crippen LogP contribution in [0.25, 0.3) is 0 Å². The summed E-state index contributed by atoms with van der Waals surface area (Å²) in [5.41, 5.74) is 3.54. The van der Waals surface area contributed by atoms with Crippen molar-refractivity contribution in [3.05, 3.63) is 90.3 Å². The molecule has 0 bridgehead atoms. The van der Waals surface area contributed by atoms with Gasteiger partial charge in [0.25, 0.3) is 5.91 Å². The number of ether oxygens (including phenoxy) is 2. The highest BCUT2D eigenvalue weighted by atomic mass is 16.5. The molecule has 0 spiro atoms. The minimum atomic E-state index is -0.359. The second kappa shape index (κ2) is 9.72. The number of nitrogens with one attached hydrogen (secondary N) is 1. The van der Waals surface area contributed by atoms with Gasteiger partial charge < -0.3 is 9.47 Å². The predicted molar refractivity (Wildman–Crippen MR) is 103 cm³/mol. The molecule has 0 atom stereocenters. The van der Waals surface area contributed by atoms with E-state index in [2.05, 4.69) is 15.5 Å². The number of para-hydroxylation sites is 2. The molecule has 3 rings (SSSR count). The summed E-state index contributed by atoms with van der Waals surface area (Å²) < 4.78 is 11.3. The van der Waals surface area contributed by atoms with E-state index >= 15 is 0 Å². The second-order valence-corrected chi connectivity index (χ2v) is 5.46. The minimum absolute atomic E-state index is 0.316. The predicted octanol–water partition coefficient (Wildman–Crippen LogP) is 3.30. The highest BCUT2D eigenvalue weighted by molar-refractivity contribution is 5.97. The number of nitrogens with zero attached hydrogens (tertiary/aromatic N) is 2. The monoisotopic (exact) mass is 361 g/mol. The standard InChI is InChI=1S/C21H19N3O3/c25-21(24-23-16-17-8-6-7-13-22-17)19-11-4-5-12-20(19)27-15-14-26-18-9-2-1-3-10-18/h1-13,16H,14-15H2,(H,24,25)/b23-16-. The van der Waals surface area contributed by atoms with Crippen molar-refractivity contribution in [2.45, 2.75) is 0 Å². The van der Waals surface area contributed by atoms with Crippen LogP contribution in [-0.2, 0) is 0 Å². The lowest BCUT2D eigenvalue weighted by molar-refractivity contribution is 0.0950. The number of pyridine rings is 1. The summed E-state index contributed by atoms with van der Waals surface area (Å²) >= 11 is 0. The van der Waals surface area contributed by atoms with Crippen LogP contribution in [0.3, 0.4) is 0 Å². The molecule has 2 aromatic carbocycles. The van der Waals surface area contributed by atoms with Crippen LogP contribution >= 0.6 is 0 Å². The molecular weight excluding hydrogens is 342 g/mol. The zero-order valence-corrected chi connectivity index (χ0v) is 14.6. The second-order valence-electron chi connectivity index (χ2n) is 5.46. The first kappa shape index (κ1) is 18.1. The van der Waals surface area contributed by atoms with Crippen LogP contribution < -0.4 is 14.9 Å². The van der Waals surface area contributed by atoms with Crippen molar-refractivity contribution in [2.24, 2.45) is 5.10 Å². The molecule has 136 valence electrons. The molecule has 0 radical (unpaired) electrons. The van der Waals surface area contributed by atoms with Crippen LogP contribution in [0.1, 0.15) is 16.1 Å². The van der Waals surface area contributed by atoms with Crippen molar-refractivity contribution in [3.63, 3.8) is 0 Å². The van der Waals surface area contributed by atoms with Crippen LogP contribution in [0, 0.1) is 0 Å². The van der Waals surface area contributed by atoms with E-state index in [4.69, 9.17) is 9.47 Å². The largest absolute Gasteiger partial charge is 0.490 e. The molecule has 1 heterocycles. The van der Waals surface area contributed by atoms with Gasteiger partial charge in [-0.15, -0.1) is 0 Å². The zero-order chi connectivity index (χ0) is 18.7. The Morgan fingerprint density at radius 1 is 0.926 bits per heavy atom. The number of carbonyl (C=O) groups is 1. The smallest absolute Gasteiger partial charge is 0.275 e. The molecule has 0 aliphatic carbocycles. The topological polar surface area (TPSA) is 72.8 Å². The van der Waals surface area contributed by atoms with E-state index in [0.29, 0.717) is 30.2 Å². The number of hydrazone groups is 1. The van der Waals surface area contributed by atoms with E-state index < -0.39 is 0 Å². The molecule has 6 heteroatoms. The van der Waals surface area contributed by atoms with Gasteiger partial charge in [0.15, 0.2) is 0 Å². The Morgan fingerprint density at radius 2 is 1.67 bits per heavy atom. The van der Waals surface area contributed by atoms with E-state index in [1.54, 1.807) is 36.5 Å². The summed E-state index contributed by atoms with van der Waals surface area (Å²) in [5, 5.41) is 3.93. The van der Waals surface area contributed by atoms with Crippen molar-refractivity contribution in [2.75, 3.05) is 13.2 Å². The van der Waals surface area contributed by atoms with Crippen molar-refractivity contribution >= 4 is 12.1 Å². The molecule has 1 amide bonds. The third-order valence-corrected chi connectivity index (χ3v) is 3.54. The molecule has 0 aliphatic rings. The van der Waals surface area contributed by atoms with E-state index in [9.17, 15) is 4.79 Å². The molecule has 0 aliphatic heterocycles. The first-order valence-electron chi connectivity index (χ1n) is 8.47. The Bertz CT molecular complexity index is 883. The van der Waals surface area contributed by atoms with Gasteiger partial charge in [0.2, 0.25) is 0 Å². The Kier molecular flexibility index (Phi) is 6.53. The third kappa shape index (κ3) is 5.67. The summed E-state index contributed by atoms with van der Waals surface area (Å²) in [6.07, 6.45) is 3.14. The molecule has 3 aromatic rings. The Morgan fingerprint density at radius 3 is 2.48 bits per heavy atom. The molecule has 0 fully saturated rings. The average Bonchev–Trinajstić information content (AvgIpc) is 2.73. The molecule has 0 unspecified atom stereocenters. The maximum absolute atomic E-state index is 12.4. The number of rotatable bonds is 8. The average molecular weight is 361 g/mol. The molecular formula is C21H19N3O3. The zero-order valence-electron chi connectivity index (χ0n) is 14.6. The maximum atomic E-state index is 12.4. The fourth-order valence-electron chi connectivity index (χ4n) is 2.28. The first-order chi connectivity index (χ1) is 13.3. The SMILES string of the molecule is O=C(N/N=C\c1ccccn1)c1ccccc1OCCOc1ccccc1. The third-order valence-electron chi connectivity index (χ3n) is 3.54. The van der Waals surface area contributed by atoms with Gasteiger partial charge in [-0.3, -0.25) is 9.78 Å². The first-order valence-corrected chi connectivity index (χ1v) is 8.47. The number of aromatic nitrogens is 1. The van der Waals surface area contributed by atoms with Gasteiger partial charge in [0.1, 0.15) is 24.7 Å². The van der Waals surface area contributed by atoms with Crippen LogP contribution in [0.4, 0.5) is 0 Å². The normalized spacial score (nSPS) is 10.5. The summed E-state index contributed by atoms with van der Waals surface area (Å²) in [4.78, 5) is 16.5. The Hall–Kier alpha value is -3.67. The van der Waals surface area contributed by atoms with Crippen molar-refractivity contribution in [3.8, 4) is 11.5 Å². The van der Waals surface area contributed by atoms with Gasteiger partial charge in [-0.05, 0) is 36.4 Å². The summed E-state index contributed by atoms with van der Waals surface area (Å²) in [6, 6.07) is 21.9. The minimum Gasteiger partial charge on any atom is -0.490 e. The summed E-state index contributed by atoms with van der Waals surface area (Å²) in [7, 11) is 0. The lowest BCUT2D eigenvalue weighted by Crippen LogP contribution is -2.19. The Balaban J connectivity index is 1.53. The lowest BCUT2D eigenvalue weighted by atomic mass is 10.2. The van der Waals surface area contributed by atoms with Gasteiger partial charge in [-0.25, -0.2) is 5.43 Å². The van der Waals surface area contributed by atoms with Gasteiger partial charge in [0, 0.05) is 6.20 Å². The fraction of sp³-hybridized carbons (Fsp3) is 0.0952. The number of benzene rings is 2. The van der Waals surface area contributed by atoms with Crippen molar-refractivity contribution < 1.29 is 14.3 Å².